The van der Waals surface area contributed by atoms with Crippen LogP contribution in [0.25, 0.3) is 11.1 Å². The number of nitriles is 1. The zero-order valence-electron chi connectivity index (χ0n) is 19.6. The number of benzene rings is 1. The van der Waals surface area contributed by atoms with Crippen LogP contribution in [0, 0.1) is 17.2 Å². The molecule has 0 aliphatic carbocycles. The number of hydrogen-bond acceptors (Lipinski definition) is 6. The van der Waals surface area contributed by atoms with Crippen molar-refractivity contribution in [1.82, 2.24) is 10.3 Å². The van der Waals surface area contributed by atoms with Gasteiger partial charge >= 0.3 is 6.09 Å². The van der Waals surface area contributed by atoms with Crippen LogP contribution in [0.2, 0.25) is 0 Å². The Morgan fingerprint density at radius 1 is 1.31 bits per heavy atom. The van der Waals surface area contributed by atoms with Gasteiger partial charge in [-0.2, -0.15) is 5.26 Å². The van der Waals surface area contributed by atoms with Crippen LogP contribution in [0.15, 0.2) is 30.6 Å². The van der Waals surface area contributed by atoms with E-state index in [-0.39, 0.29) is 18.8 Å². The fraction of sp³-hybridized carbons (Fsp3) is 0.480. The molecule has 7 heteroatoms. The van der Waals surface area contributed by atoms with Crippen LogP contribution in [-0.2, 0) is 4.74 Å². The van der Waals surface area contributed by atoms with Gasteiger partial charge in [0.05, 0.1) is 11.6 Å². The summed E-state index contributed by atoms with van der Waals surface area (Å²) in [7, 11) is 0. The number of ether oxygens (including phenoxy) is 3. The van der Waals surface area contributed by atoms with Gasteiger partial charge in [0.25, 0.3) is 0 Å². The molecule has 0 saturated heterocycles. The minimum atomic E-state index is -0.584. The van der Waals surface area contributed by atoms with Crippen molar-refractivity contribution in [2.75, 3.05) is 6.61 Å². The fourth-order valence-electron chi connectivity index (χ4n) is 3.71. The van der Waals surface area contributed by atoms with Crippen molar-refractivity contribution >= 4 is 6.09 Å². The lowest BCUT2D eigenvalue weighted by Crippen LogP contribution is -2.42. The van der Waals surface area contributed by atoms with E-state index >= 15 is 0 Å². The van der Waals surface area contributed by atoms with E-state index in [1.807, 2.05) is 33.8 Å². The SMILES string of the molecule is CC(C)C[C@@H](COc1cc2c(cc1C#N)-c1ccncc1C(C)O2)NC(=O)OC(C)(C)C. The molecule has 2 aromatic rings. The molecule has 0 bridgehead atoms. The molecule has 3 rings (SSSR count). The average molecular weight is 438 g/mol. The van der Waals surface area contributed by atoms with Crippen LogP contribution in [0.4, 0.5) is 4.79 Å². The molecule has 1 N–H and O–H groups in total. The Morgan fingerprint density at radius 3 is 2.72 bits per heavy atom. The Labute approximate surface area is 189 Å². The lowest BCUT2D eigenvalue weighted by Gasteiger charge is -2.27. The third-order valence-corrected chi connectivity index (χ3v) is 5.00. The lowest BCUT2D eigenvalue weighted by atomic mass is 9.93. The predicted octanol–water partition coefficient (Wildman–Crippen LogP) is 5.39. The number of fused-ring (bicyclic) bond motifs is 3. The van der Waals surface area contributed by atoms with Crippen molar-refractivity contribution in [2.45, 2.75) is 65.7 Å². The molecule has 1 aromatic heterocycles. The van der Waals surface area contributed by atoms with Crippen molar-refractivity contribution in [2.24, 2.45) is 5.92 Å². The van der Waals surface area contributed by atoms with Gasteiger partial charge in [0.1, 0.15) is 35.9 Å². The third kappa shape index (κ3) is 5.70. The molecule has 1 aromatic carbocycles. The molecule has 2 atom stereocenters. The van der Waals surface area contributed by atoms with Crippen LogP contribution in [0.5, 0.6) is 11.5 Å². The minimum Gasteiger partial charge on any atom is -0.490 e. The second-order valence-electron chi connectivity index (χ2n) is 9.46. The lowest BCUT2D eigenvalue weighted by molar-refractivity contribution is 0.0480. The monoisotopic (exact) mass is 437 g/mol. The van der Waals surface area contributed by atoms with Gasteiger partial charge in [0, 0.05) is 29.6 Å². The van der Waals surface area contributed by atoms with E-state index in [4.69, 9.17) is 14.2 Å². The van der Waals surface area contributed by atoms with E-state index in [0.29, 0.717) is 29.4 Å². The Bertz CT molecular complexity index is 1020. The van der Waals surface area contributed by atoms with Crippen LogP contribution < -0.4 is 14.8 Å². The van der Waals surface area contributed by atoms with Crippen molar-refractivity contribution in [1.29, 1.82) is 5.26 Å². The highest BCUT2D eigenvalue weighted by Gasteiger charge is 2.26. The first kappa shape index (κ1) is 23.4. The number of amides is 1. The van der Waals surface area contributed by atoms with Crippen LogP contribution in [0.3, 0.4) is 0 Å². The molecule has 0 spiro atoms. The Morgan fingerprint density at radius 2 is 2.06 bits per heavy atom. The number of pyridine rings is 1. The van der Waals surface area contributed by atoms with Crippen LogP contribution in [0.1, 0.15) is 65.2 Å². The number of nitrogens with zero attached hydrogens (tertiary/aromatic N) is 2. The number of nitrogens with one attached hydrogen (secondary N) is 1. The number of carbonyl (C=O) groups is 1. The normalized spacial score (nSPS) is 15.6. The topological polar surface area (TPSA) is 93.5 Å². The number of hydrogen-bond donors (Lipinski definition) is 1. The highest BCUT2D eigenvalue weighted by Crippen LogP contribution is 2.44. The van der Waals surface area contributed by atoms with Crippen molar-refractivity contribution < 1.29 is 19.0 Å². The Kier molecular flexibility index (Phi) is 6.93. The average Bonchev–Trinajstić information content (AvgIpc) is 2.70. The highest BCUT2D eigenvalue weighted by atomic mass is 16.6. The summed E-state index contributed by atoms with van der Waals surface area (Å²) in [4.78, 5) is 16.4. The third-order valence-electron chi connectivity index (χ3n) is 5.00. The minimum absolute atomic E-state index is 0.158. The second-order valence-corrected chi connectivity index (χ2v) is 9.46. The van der Waals surface area contributed by atoms with Gasteiger partial charge in [-0.25, -0.2) is 4.79 Å². The fourth-order valence-corrected chi connectivity index (χ4v) is 3.71. The molecule has 0 fully saturated rings. The molecule has 0 radical (unpaired) electrons. The van der Waals surface area contributed by atoms with Crippen LogP contribution >= 0.6 is 0 Å². The molecule has 1 aliphatic heterocycles. The summed E-state index contributed by atoms with van der Waals surface area (Å²) in [5.74, 6) is 1.42. The summed E-state index contributed by atoms with van der Waals surface area (Å²) in [6.07, 6.45) is 3.59. The quantitative estimate of drug-likeness (QED) is 0.651. The van der Waals surface area contributed by atoms with Gasteiger partial charge in [-0.05, 0) is 57.7 Å². The smallest absolute Gasteiger partial charge is 0.407 e. The van der Waals surface area contributed by atoms with E-state index in [9.17, 15) is 10.1 Å². The summed E-state index contributed by atoms with van der Waals surface area (Å²) in [6, 6.07) is 7.42. The maximum Gasteiger partial charge on any atom is 0.407 e. The molecule has 0 saturated carbocycles. The first-order chi connectivity index (χ1) is 15.1. The van der Waals surface area contributed by atoms with Gasteiger partial charge in [-0.1, -0.05) is 13.8 Å². The first-order valence-corrected chi connectivity index (χ1v) is 10.9. The van der Waals surface area contributed by atoms with E-state index in [1.165, 1.54) is 0 Å². The van der Waals surface area contributed by atoms with Crippen LogP contribution in [-0.4, -0.2) is 29.3 Å². The Balaban J connectivity index is 1.81. The van der Waals surface area contributed by atoms with Gasteiger partial charge in [0.15, 0.2) is 0 Å². The highest BCUT2D eigenvalue weighted by molar-refractivity contribution is 5.78. The maximum absolute atomic E-state index is 12.3. The molecule has 1 unspecified atom stereocenters. The molecular formula is C25H31N3O4. The molecule has 32 heavy (non-hydrogen) atoms. The van der Waals surface area contributed by atoms with E-state index in [0.717, 1.165) is 16.7 Å². The number of rotatable bonds is 6. The zero-order valence-corrected chi connectivity index (χ0v) is 19.6. The molecule has 1 amide bonds. The van der Waals surface area contributed by atoms with Gasteiger partial charge in [0.2, 0.25) is 0 Å². The van der Waals surface area contributed by atoms with E-state index in [2.05, 4.69) is 30.2 Å². The summed E-state index contributed by atoms with van der Waals surface area (Å²) < 4.78 is 17.5. The molecule has 1 aliphatic rings. The largest absolute Gasteiger partial charge is 0.490 e. The molecule has 7 nitrogen and oxygen atoms in total. The number of alkyl carbamates (subject to hydrolysis) is 1. The van der Waals surface area contributed by atoms with Gasteiger partial charge in [-0.3, -0.25) is 4.98 Å². The molecule has 170 valence electrons. The van der Waals surface area contributed by atoms with Crippen molar-refractivity contribution in [3.63, 3.8) is 0 Å². The Hall–Kier alpha value is -3.27. The van der Waals surface area contributed by atoms with Gasteiger partial charge < -0.3 is 19.5 Å². The van der Waals surface area contributed by atoms with E-state index in [1.54, 1.807) is 24.5 Å². The summed E-state index contributed by atoms with van der Waals surface area (Å²) in [6.45, 7) is 11.8. The second kappa shape index (κ2) is 9.47. The summed E-state index contributed by atoms with van der Waals surface area (Å²) >= 11 is 0. The molecular weight excluding hydrogens is 406 g/mol. The standard InChI is InChI=1S/C25H31N3O4/c1-15(2)9-18(28-24(29)32-25(4,5)6)14-30-22-11-23-20(10-17(22)12-26)19-7-8-27-13-21(19)16(3)31-23/h7-8,10-11,13,15-16,18H,9,14H2,1-6H3,(H,28,29)/t16?,18-/m0/s1. The van der Waals surface area contributed by atoms with E-state index < -0.39 is 11.7 Å². The van der Waals surface area contributed by atoms with Gasteiger partial charge in [-0.15, -0.1) is 0 Å². The first-order valence-electron chi connectivity index (χ1n) is 10.9. The number of aromatic nitrogens is 1. The maximum atomic E-state index is 12.3. The summed E-state index contributed by atoms with van der Waals surface area (Å²) in [5.41, 5.74) is 2.65. The predicted molar refractivity (Wildman–Crippen MR) is 122 cm³/mol. The summed E-state index contributed by atoms with van der Waals surface area (Å²) in [5, 5.41) is 12.6. The van der Waals surface area contributed by atoms with Crippen molar-refractivity contribution in [3.05, 3.63) is 41.7 Å². The van der Waals surface area contributed by atoms with Crippen molar-refractivity contribution in [3.8, 4) is 28.7 Å². The number of carbonyl (C=O) groups excluding carboxylic acids is 1. The molecule has 2 heterocycles. The zero-order chi connectivity index (χ0) is 23.5.